The Morgan fingerprint density at radius 1 is 0.371 bits per heavy atom. The molecule has 62 heavy (non-hydrogen) atoms. The molecule has 4 nitrogen and oxygen atoms in total. The molecule has 0 amide bonds. The van der Waals surface area contributed by atoms with Gasteiger partial charge in [-0.15, -0.1) is 0 Å². The number of fused-ring (bicyclic) bond motifs is 14. The number of hydrogen-bond donors (Lipinski definition) is 0. The maximum atomic E-state index is 5.73. The summed E-state index contributed by atoms with van der Waals surface area (Å²) in [5.74, 6) is 0. The Bertz CT molecular complexity index is 4990. The average molecular weight is 911 g/mol. The van der Waals surface area contributed by atoms with Crippen LogP contribution in [0.4, 0.5) is 0 Å². The van der Waals surface area contributed by atoms with Crippen molar-refractivity contribution in [3.05, 3.63) is 128 Å². The van der Waals surface area contributed by atoms with Gasteiger partial charge in [-0.2, -0.15) is 0 Å². The van der Waals surface area contributed by atoms with E-state index in [1.807, 2.05) is 24.5 Å². The molecule has 0 atom stereocenters. The minimum Gasteiger partial charge on any atom is -0.254 e. The minimum absolute atomic E-state index is 0.822. The second-order valence-electron chi connectivity index (χ2n) is 18.0. The highest BCUT2D eigenvalue weighted by Crippen LogP contribution is 2.61. The van der Waals surface area contributed by atoms with Crippen LogP contribution in [-0.2, 0) is 12.8 Å². The molecule has 6 heteroatoms. The maximum Gasteiger partial charge on any atom is 0.0996 e. The summed E-state index contributed by atoms with van der Waals surface area (Å²) in [5, 5.41) is 33.0. The number of rotatable bonds is 0. The van der Waals surface area contributed by atoms with E-state index in [0.717, 1.165) is 71.0 Å². The summed E-state index contributed by atoms with van der Waals surface area (Å²) in [7, 11) is 0. The number of nitrogens with zero attached hydrogens (tertiary/aromatic N) is 4. The minimum atomic E-state index is 0.822. The van der Waals surface area contributed by atoms with E-state index in [2.05, 4.69) is 117 Å². The first kappa shape index (κ1) is 31.1. The highest BCUT2D eigenvalue weighted by Gasteiger charge is 2.35. The molecular formula is C56H22Br2N4. The summed E-state index contributed by atoms with van der Waals surface area (Å²) >= 11 is 8.05. The summed E-state index contributed by atoms with van der Waals surface area (Å²) < 4.78 is 2.23. The van der Waals surface area contributed by atoms with Crippen LogP contribution in [0.3, 0.4) is 0 Å². The summed E-state index contributed by atoms with van der Waals surface area (Å²) in [4.78, 5) is 21.2. The predicted molar refractivity (Wildman–Crippen MR) is 268 cm³/mol. The van der Waals surface area contributed by atoms with E-state index in [4.69, 9.17) is 19.9 Å². The predicted octanol–water partition coefficient (Wildman–Crippen LogP) is 14.9. The van der Waals surface area contributed by atoms with Crippen LogP contribution in [0.5, 0.6) is 0 Å². The molecule has 0 unspecified atom stereocenters. The lowest BCUT2D eigenvalue weighted by Crippen LogP contribution is -2.16. The normalized spacial score (nSPS) is 14.5. The highest BCUT2D eigenvalue weighted by molar-refractivity contribution is 9.10. The van der Waals surface area contributed by atoms with Crippen LogP contribution >= 0.6 is 31.9 Å². The van der Waals surface area contributed by atoms with E-state index in [1.165, 1.54) is 135 Å². The zero-order valence-electron chi connectivity index (χ0n) is 32.4. The quantitative estimate of drug-likeness (QED) is 0.112. The number of aromatic nitrogens is 4. The van der Waals surface area contributed by atoms with Crippen molar-refractivity contribution in [3.8, 4) is 0 Å². The van der Waals surface area contributed by atoms with E-state index in [9.17, 15) is 0 Å². The van der Waals surface area contributed by atoms with Gasteiger partial charge in [0.2, 0.25) is 0 Å². The molecule has 0 spiro atoms. The molecule has 3 aromatic heterocycles. The van der Waals surface area contributed by atoms with Gasteiger partial charge in [0.15, 0.2) is 0 Å². The van der Waals surface area contributed by atoms with Gasteiger partial charge in [0.05, 0.1) is 33.1 Å². The largest absolute Gasteiger partial charge is 0.254 e. The zero-order chi connectivity index (χ0) is 39.8. The van der Waals surface area contributed by atoms with Gasteiger partial charge < -0.3 is 0 Å². The number of halogens is 2. The van der Waals surface area contributed by atoms with E-state index in [0.29, 0.717) is 0 Å². The Kier molecular flexibility index (Phi) is 4.89. The third-order valence-corrected chi connectivity index (χ3v) is 16.4. The Morgan fingerprint density at radius 2 is 0.887 bits per heavy atom. The van der Waals surface area contributed by atoms with Crippen molar-refractivity contribution in [1.29, 1.82) is 0 Å². The number of pyridine rings is 2. The number of benzene rings is 13. The lowest BCUT2D eigenvalue weighted by atomic mass is 9.70. The van der Waals surface area contributed by atoms with Crippen molar-refractivity contribution in [3.63, 3.8) is 0 Å². The third kappa shape index (κ3) is 3.06. The van der Waals surface area contributed by atoms with Gasteiger partial charge in [-0.05, 0) is 180 Å². The smallest absolute Gasteiger partial charge is 0.0996 e. The maximum absolute atomic E-state index is 5.73. The fraction of sp³-hybridized carbons (Fsp3) is 0.0357. The topological polar surface area (TPSA) is 51.6 Å². The molecule has 16 aromatic rings. The van der Waals surface area contributed by atoms with Gasteiger partial charge in [-0.25, -0.2) is 9.97 Å². The molecule has 0 N–H and O–H groups in total. The average Bonchev–Trinajstić information content (AvgIpc) is 3.31. The van der Waals surface area contributed by atoms with Crippen LogP contribution in [0, 0.1) is 0 Å². The van der Waals surface area contributed by atoms with Gasteiger partial charge in [0.25, 0.3) is 0 Å². The Morgan fingerprint density at radius 3 is 1.63 bits per heavy atom. The van der Waals surface area contributed by atoms with E-state index < -0.39 is 0 Å². The van der Waals surface area contributed by atoms with Gasteiger partial charge >= 0.3 is 0 Å². The van der Waals surface area contributed by atoms with E-state index in [-0.39, 0.29) is 0 Å². The monoisotopic (exact) mass is 908 g/mol. The summed E-state index contributed by atoms with van der Waals surface area (Å²) in [6.45, 7) is 0. The lowest BCUT2D eigenvalue weighted by molar-refractivity contribution is 1.29. The molecule has 18 rings (SSSR count). The zero-order valence-corrected chi connectivity index (χ0v) is 35.5. The van der Waals surface area contributed by atoms with Crippen molar-refractivity contribution < 1.29 is 0 Å². The second-order valence-corrected chi connectivity index (χ2v) is 19.8. The highest BCUT2D eigenvalue weighted by atomic mass is 79.9. The standard InChI is InChI=1S/C56H22Br2N4/c57-21-17-33-25-7-1-5-23-27-11-13-29-43-41(27)49-45(37(23)25)47-39(33)35(19-21)36-20-22(58)18-34-26-8-2-6-24-28-12-14-30(44(43)42(28)50(49)46(38(24)26)48(47)40(34)36)54-53(29)61-55-31-9-3-15-59-51(31)52-32(56(55)62-54)10-4-16-60-52/h1-7,9-11,13-20H,8,12H2. The van der Waals surface area contributed by atoms with Crippen molar-refractivity contribution >= 4 is 206 Å². The molecule has 0 fully saturated rings. The summed E-state index contributed by atoms with van der Waals surface area (Å²) in [5.41, 5.74) is 9.64. The summed E-state index contributed by atoms with van der Waals surface area (Å²) in [6.07, 6.45) is 12.8. The van der Waals surface area contributed by atoms with Crippen LogP contribution < -0.4 is 5.22 Å². The molecule has 3 heterocycles. The van der Waals surface area contributed by atoms with Crippen LogP contribution in [0.1, 0.15) is 16.7 Å². The molecule has 0 radical (unpaired) electrons. The first-order valence-electron chi connectivity index (χ1n) is 21.3. The molecule has 0 saturated carbocycles. The molecule has 280 valence electrons. The third-order valence-electron chi connectivity index (χ3n) is 15.5. The second kappa shape index (κ2) is 9.76. The molecular weight excluding hydrogens is 888 g/mol. The Balaban J connectivity index is 1.23. The van der Waals surface area contributed by atoms with Crippen LogP contribution in [0.2, 0.25) is 0 Å². The van der Waals surface area contributed by atoms with Crippen molar-refractivity contribution in [2.45, 2.75) is 12.8 Å². The lowest BCUT2D eigenvalue weighted by Gasteiger charge is -2.32. The summed E-state index contributed by atoms with van der Waals surface area (Å²) in [6, 6.07) is 29.6. The number of hydrogen-bond acceptors (Lipinski definition) is 4. The van der Waals surface area contributed by atoms with Gasteiger partial charge in [-0.1, -0.05) is 80.4 Å². The Hall–Kier alpha value is -6.86. The molecule has 13 aromatic carbocycles. The molecule has 0 saturated heterocycles. The fourth-order valence-corrected chi connectivity index (χ4v) is 14.5. The van der Waals surface area contributed by atoms with Crippen LogP contribution in [0.25, 0.3) is 175 Å². The molecule has 0 bridgehead atoms. The van der Waals surface area contributed by atoms with E-state index in [1.54, 1.807) is 0 Å². The van der Waals surface area contributed by atoms with E-state index >= 15 is 0 Å². The number of allylic oxidation sites excluding steroid dienone is 1. The van der Waals surface area contributed by atoms with Crippen molar-refractivity contribution in [2.75, 3.05) is 0 Å². The fourth-order valence-electron chi connectivity index (χ4n) is 13.6. The van der Waals surface area contributed by atoms with Crippen molar-refractivity contribution in [2.24, 2.45) is 0 Å². The first-order valence-corrected chi connectivity index (χ1v) is 22.9. The molecule has 2 aliphatic rings. The van der Waals surface area contributed by atoms with Gasteiger partial charge in [-0.3, -0.25) is 9.97 Å². The van der Waals surface area contributed by atoms with Crippen molar-refractivity contribution in [1.82, 2.24) is 19.9 Å². The first-order chi connectivity index (χ1) is 30.6. The van der Waals surface area contributed by atoms with Crippen LogP contribution in [0.15, 0.2) is 106 Å². The Labute approximate surface area is 365 Å². The van der Waals surface area contributed by atoms with Gasteiger partial charge in [0, 0.05) is 53.5 Å². The molecule has 0 aliphatic heterocycles. The molecule has 2 aliphatic carbocycles. The van der Waals surface area contributed by atoms with Crippen LogP contribution in [-0.4, -0.2) is 19.9 Å². The SMILES string of the molecule is Brc1cc2c3c4c(c5c6c7c(c8nc9c%10cccnc%10c%10ncccc%10c9nc8c8ccc9c%10cccc%11c%12cc(Br)cc%13c(c1)c2c1c4c6c(c9c87)c(c%11%10)c1c%13%12)=CC5)C=CC3. The van der Waals surface area contributed by atoms with Gasteiger partial charge in [0.1, 0.15) is 0 Å².